The molecule has 0 saturated heterocycles. The van der Waals surface area contributed by atoms with Gasteiger partial charge in [0.2, 0.25) is 5.91 Å². The summed E-state index contributed by atoms with van der Waals surface area (Å²) in [5, 5.41) is 5.42. The lowest BCUT2D eigenvalue weighted by Gasteiger charge is -2.35. The molecule has 0 aromatic heterocycles. The number of carbonyl (C=O) groups is 2. The molecule has 2 N–H and O–H groups in total. The summed E-state index contributed by atoms with van der Waals surface area (Å²) in [5.41, 5.74) is 1.63. The summed E-state index contributed by atoms with van der Waals surface area (Å²) in [5.74, 6) is -0.522. The Morgan fingerprint density at radius 1 is 1.25 bits per heavy atom. The number of benzene rings is 2. The van der Waals surface area contributed by atoms with Crippen LogP contribution < -0.4 is 20.3 Å². The number of nitrogens with one attached hydrogen (secondary N) is 2. The molecule has 7 heteroatoms. The van der Waals surface area contributed by atoms with Crippen LogP contribution >= 0.6 is 0 Å². The average molecular weight is 385 g/mol. The number of halogens is 1. The molecule has 1 heterocycles. The molecule has 1 aliphatic heterocycles. The number of rotatable bonds is 6. The molecule has 1 atom stereocenters. The van der Waals surface area contributed by atoms with Gasteiger partial charge in [-0.25, -0.2) is 4.39 Å². The maximum absolute atomic E-state index is 14.0. The number of nitrogens with zero attached hydrogens (tertiary/aromatic N) is 1. The molecular weight excluding hydrogens is 361 g/mol. The van der Waals surface area contributed by atoms with Crippen molar-refractivity contribution in [2.24, 2.45) is 0 Å². The highest BCUT2D eigenvalue weighted by atomic mass is 19.1. The minimum atomic E-state index is -0.717. The quantitative estimate of drug-likeness (QED) is 0.802. The van der Waals surface area contributed by atoms with Gasteiger partial charge in [0.1, 0.15) is 11.6 Å². The summed E-state index contributed by atoms with van der Waals surface area (Å²) in [6, 6.07) is 11.9. The van der Waals surface area contributed by atoms with Gasteiger partial charge in [0.05, 0.1) is 24.5 Å². The van der Waals surface area contributed by atoms with Crippen LogP contribution in [0.25, 0.3) is 0 Å². The van der Waals surface area contributed by atoms with Crippen LogP contribution in [0, 0.1) is 12.7 Å². The number of hydrogen-bond donors (Lipinski definition) is 2. The summed E-state index contributed by atoms with van der Waals surface area (Å²) in [7, 11) is 0. The molecule has 0 spiro atoms. The zero-order chi connectivity index (χ0) is 20.1. The van der Waals surface area contributed by atoms with Gasteiger partial charge in [0.15, 0.2) is 6.10 Å². The van der Waals surface area contributed by atoms with Gasteiger partial charge in [-0.2, -0.15) is 0 Å². The fraction of sp³-hybridized carbons (Fsp3) is 0.333. The molecule has 0 radical (unpaired) electrons. The van der Waals surface area contributed by atoms with Crippen molar-refractivity contribution >= 4 is 23.2 Å². The van der Waals surface area contributed by atoms with E-state index >= 15 is 0 Å². The SMILES string of the molecule is CCCNC(=O)[C@H]1CN(CC(=O)Nc2ccc(C)cc2F)c2ccccc2O1. The zero-order valence-corrected chi connectivity index (χ0v) is 16.0. The molecule has 3 rings (SSSR count). The van der Waals surface area contributed by atoms with Crippen LogP contribution in [0.4, 0.5) is 15.8 Å². The molecule has 2 amide bonds. The molecule has 2 aromatic carbocycles. The fourth-order valence-electron chi connectivity index (χ4n) is 3.04. The van der Waals surface area contributed by atoms with E-state index in [0.717, 1.165) is 17.7 Å². The summed E-state index contributed by atoms with van der Waals surface area (Å²) in [6.45, 7) is 4.52. The third kappa shape index (κ3) is 4.60. The largest absolute Gasteiger partial charge is 0.477 e. The van der Waals surface area contributed by atoms with Crippen molar-refractivity contribution < 1.29 is 18.7 Å². The summed E-state index contributed by atoms with van der Waals surface area (Å²) >= 11 is 0. The van der Waals surface area contributed by atoms with Crippen LogP contribution in [-0.2, 0) is 9.59 Å². The van der Waals surface area contributed by atoms with Gasteiger partial charge in [0.25, 0.3) is 5.91 Å². The number of aryl methyl sites for hydroxylation is 1. The first-order valence-electron chi connectivity index (χ1n) is 9.32. The highest BCUT2D eigenvalue weighted by molar-refractivity contribution is 5.95. The number of anilines is 2. The number of hydrogen-bond acceptors (Lipinski definition) is 4. The van der Waals surface area contributed by atoms with Gasteiger partial charge >= 0.3 is 0 Å². The molecule has 0 bridgehead atoms. The van der Waals surface area contributed by atoms with Crippen LogP contribution in [0.15, 0.2) is 42.5 Å². The highest BCUT2D eigenvalue weighted by Gasteiger charge is 2.31. The summed E-state index contributed by atoms with van der Waals surface area (Å²) < 4.78 is 19.8. The Bertz CT molecular complexity index is 872. The fourth-order valence-corrected chi connectivity index (χ4v) is 3.04. The van der Waals surface area contributed by atoms with E-state index in [1.807, 2.05) is 25.1 Å². The Morgan fingerprint density at radius 2 is 2.04 bits per heavy atom. The van der Waals surface area contributed by atoms with Crippen molar-refractivity contribution in [2.75, 3.05) is 29.9 Å². The van der Waals surface area contributed by atoms with Gasteiger partial charge in [-0.15, -0.1) is 0 Å². The number of amides is 2. The first-order valence-corrected chi connectivity index (χ1v) is 9.32. The second-order valence-electron chi connectivity index (χ2n) is 6.78. The molecule has 0 aliphatic carbocycles. The third-order valence-electron chi connectivity index (χ3n) is 4.44. The molecule has 1 aliphatic rings. The minimum absolute atomic E-state index is 0.0226. The van der Waals surface area contributed by atoms with Crippen molar-refractivity contribution in [3.05, 3.63) is 53.8 Å². The van der Waals surface area contributed by atoms with E-state index in [2.05, 4.69) is 10.6 Å². The maximum Gasteiger partial charge on any atom is 0.262 e. The lowest BCUT2D eigenvalue weighted by molar-refractivity contribution is -0.128. The van der Waals surface area contributed by atoms with Gasteiger partial charge in [-0.3, -0.25) is 9.59 Å². The standard InChI is InChI=1S/C21H24FN3O3/c1-3-10-23-21(27)19-12-25(17-6-4-5-7-18(17)28-19)13-20(26)24-16-9-8-14(2)11-15(16)22/h4-9,11,19H,3,10,12-13H2,1-2H3,(H,23,27)(H,24,26)/t19-/m1/s1. The Hall–Kier alpha value is -3.09. The normalized spacial score (nSPS) is 15.4. The van der Waals surface area contributed by atoms with Crippen molar-refractivity contribution in [3.63, 3.8) is 0 Å². The maximum atomic E-state index is 14.0. The predicted molar refractivity (Wildman–Crippen MR) is 106 cm³/mol. The Morgan fingerprint density at radius 3 is 2.79 bits per heavy atom. The van der Waals surface area contributed by atoms with Crippen molar-refractivity contribution in [3.8, 4) is 5.75 Å². The van der Waals surface area contributed by atoms with E-state index in [-0.39, 0.29) is 30.6 Å². The summed E-state index contributed by atoms with van der Waals surface area (Å²) in [6.07, 6.45) is 0.105. The molecule has 148 valence electrons. The van der Waals surface area contributed by atoms with Gasteiger partial charge < -0.3 is 20.3 Å². The van der Waals surface area contributed by atoms with Crippen molar-refractivity contribution in [1.82, 2.24) is 5.32 Å². The molecule has 0 saturated carbocycles. The van der Waals surface area contributed by atoms with Crippen molar-refractivity contribution in [1.29, 1.82) is 0 Å². The molecule has 2 aromatic rings. The van der Waals surface area contributed by atoms with E-state index in [4.69, 9.17) is 4.74 Å². The topological polar surface area (TPSA) is 70.7 Å². The van der Waals surface area contributed by atoms with E-state index < -0.39 is 11.9 Å². The second kappa shape index (κ2) is 8.73. The Kier molecular flexibility index (Phi) is 6.13. The monoisotopic (exact) mass is 385 g/mol. The molecular formula is C21H24FN3O3. The van der Waals surface area contributed by atoms with E-state index in [1.54, 1.807) is 24.0 Å². The number of fused-ring (bicyclic) bond motifs is 1. The van der Waals surface area contributed by atoms with Gasteiger partial charge in [0, 0.05) is 6.54 Å². The number of carbonyl (C=O) groups excluding carboxylic acids is 2. The molecule has 0 unspecified atom stereocenters. The smallest absolute Gasteiger partial charge is 0.262 e. The average Bonchev–Trinajstić information content (AvgIpc) is 2.68. The highest BCUT2D eigenvalue weighted by Crippen LogP contribution is 2.33. The van der Waals surface area contributed by atoms with Crippen LogP contribution in [0.1, 0.15) is 18.9 Å². The van der Waals surface area contributed by atoms with Crippen LogP contribution in [0.5, 0.6) is 5.75 Å². The molecule has 28 heavy (non-hydrogen) atoms. The lowest BCUT2D eigenvalue weighted by Crippen LogP contribution is -2.50. The summed E-state index contributed by atoms with van der Waals surface area (Å²) in [4.78, 5) is 26.6. The van der Waals surface area contributed by atoms with E-state index in [9.17, 15) is 14.0 Å². The van der Waals surface area contributed by atoms with Crippen molar-refractivity contribution in [2.45, 2.75) is 26.4 Å². The van der Waals surface area contributed by atoms with E-state index in [0.29, 0.717) is 12.3 Å². The molecule has 6 nitrogen and oxygen atoms in total. The van der Waals surface area contributed by atoms with Crippen LogP contribution in [0.2, 0.25) is 0 Å². The third-order valence-corrected chi connectivity index (χ3v) is 4.44. The van der Waals surface area contributed by atoms with Gasteiger partial charge in [-0.1, -0.05) is 25.1 Å². The van der Waals surface area contributed by atoms with Crippen LogP contribution in [-0.4, -0.2) is 37.6 Å². The first kappa shape index (κ1) is 19.7. The predicted octanol–water partition coefficient (Wildman–Crippen LogP) is 2.87. The zero-order valence-electron chi connectivity index (χ0n) is 16.0. The Labute approximate surface area is 163 Å². The molecule has 0 fully saturated rings. The lowest BCUT2D eigenvalue weighted by atomic mass is 10.1. The number of para-hydroxylation sites is 2. The first-order chi connectivity index (χ1) is 13.5. The minimum Gasteiger partial charge on any atom is -0.477 e. The van der Waals surface area contributed by atoms with E-state index in [1.165, 1.54) is 12.1 Å². The Balaban J connectivity index is 1.73. The van der Waals surface area contributed by atoms with Gasteiger partial charge in [-0.05, 0) is 43.2 Å². The van der Waals surface area contributed by atoms with Crippen LogP contribution in [0.3, 0.4) is 0 Å². The second-order valence-corrected chi connectivity index (χ2v) is 6.78. The number of ether oxygens (including phenoxy) is 1.